The van der Waals surface area contributed by atoms with Crippen LogP contribution < -0.4 is 10.1 Å². The number of hydrogen-bond donors (Lipinski definition) is 1. The number of fused-ring (bicyclic) bond motifs is 1. The molecule has 1 saturated heterocycles. The molecule has 1 N–H and O–H groups in total. The van der Waals surface area contributed by atoms with E-state index < -0.39 is 0 Å². The number of aromatic nitrogens is 2. The number of nitrogens with zero attached hydrogens (tertiary/aromatic N) is 6. The van der Waals surface area contributed by atoms with E-state index in [4.69, 9.17) is 16.3 Å². The van der Waals surface area contributed by atoms with Crippen LogP contribution in [0.2, 0.25) is 5.02 Å². The Morgan fingerprint density at radius 1 is 1.38 bits per heavy atom. The second-order valence-corrected chi connectivity index (χ2v) is 10.2. The van der Waals surface area contributed by atoms with E-state index in [9.17, 15) is 10.1 Å². The smallest absolute Gasteiger partial charge is 0.253 e. The quantitative estimate of drug-likeness (QED) is 0.321. The second kappa shape index (κ2) is 11.7. The minimum absolute atomic E-state index is 0.152. The van der Waals surface area contributed by atoms with Crippen molar-refractivity contribution in [2.45, 2.75) is 46.1 Å². The third-order valence-corrected chi connectivity index (χ3v) is 7.34. The molecule has 0 spiro atoms. The highest BCUT2D eigenvalue weighted by atomic mass is 35.5. The summed E-state index contributed by atoms with van der Waals surface area (Å²) in [6.45, 7) is 13.5. The van der Waals surface area contributed by atoms with E-state index in [0.717, 1.165) is 37.3 Å². The van der Waals surface area contributed by atoms with Gasteiger partial charge in [0.25, 0.3) is 5.91 Å². The van der Waals surface area contributed by atoms with E-state index in [-0.39, 0.29) is 11.4 Å². The minimum atomic E-state index is -0.357. The first-order valence-electron chi connectivity index (χ1n) is 12.8. The number of halogens is 1. The lowest BCUT2D eigenvalue weighted by atomic mass is 9.89. The zero-order valence-electron chi connectivity index (χ0n) is 22.7. The van der Waals surface area contributed by atoms with Crippen molar-refractivity contribution < 1.29 is 9.53 Å². The summed E-state index contributed by atoms with van der Waals surface area (Å²) in [5, 5.41) is 17.5. The largest absolute Gasteiger partial charge is 0.492 e. The van der Waals surface area contributed by atoms with Gasteiger partial charge in [0.05, 0.1) is 52.6 Å². The molecule has 1 fully saturated rings. The average Bonchev–Trinajstić information content (AvgIpc) is 3.32. The fraction of sp³-hybridized carbons (Fsp3) is 0.345. The maximum absolute atomic E-state index is 13.0. The number of rotatable bonds is 7. The normalized spacial score (nSPS) is 15.6. The van der Waals surface area contributed by atoms with Gasteiger partial charge in [-0.3, -0.25) is 9.79 Å². The standard InChI is InChI=1S/C29H32ClN7O2/c1-6-39-22-14-23(27-21(15-31)16-34-37(27)18-22)25(32-5)17-33-20(3)36-12-10-29(4,11-13-36)35-28(38)26-19(2)8-7-9-24(26)30/h7-9,14,16-18H,5-6,10-13H2,1-4H3,(H,35,38)/b25-17-,33-20?. The Labute approximate surface area is 233 Å². The number of carbonyl (C=O) groups excluding carboxylic acids is 1. The van der Waals surface area contributed by atoms with Gasteiger partial charge in [0.2, 0.25) is 0 Å². The van der Waals surface area contributed by atoms with Crippen molar-refractivity contribution >= 4 is 41.3 Å². The Hall–Kier alpha value is -4.16. The van der Waals surface area contributed by atoms with Crippen LogP contribution in [0.5, 0.6) is 5.75 Å². The highest BCUT2D eigenvalue weighted by Gasteiger charge is 2.33. The van der Waals surface area contributed by atoms with E-state index in [1.807, 2.05) is 39.0 Å². The fourth-order valence-corrected chi connectivity index (χ4v) is 5.06. The Bertz CT molecular complexity index is 1490. The van der Waals surface area contributed by atoms with Gasteiger partial charge in [0.1, 0.15) is 17.7 Å². The van der Waals surface area contributed by atoms with E-state index in [1.165, 1.54) is 6.20 Å². The molecule has 0 saturated carbocycles. The van der Waals surface area contributed by atoms with E-state index in [1.54, 1.807) is 23.0 Å². The summed E-state index contributed by atoms with van der Waals surface area (Å²) in [6.07, 6.45) is 6.40. The molecule has 0 aliphatic carbocycles. The van der Waals surface area contributed by atoms with Crippen LogP contribution >= 0.6 is 11.6 Å². The first-order chi connectivity index (χ1) is 18.7. The molecule has 39 heavy (non-hydrogen) atoms. The Morgan fingerprint density at radius 3 is 2.77 bits per heavy atom. The number of likely N-dealkylation sites (tertiary alicyclic amines) is 1. The van der Waals surface area contributed by atoms with Crippen molar-refractivity contribution in [3.8, 4) is 11.8 Å². The third-order valence-electron chi connectivity index (χ3n) is 7.03. The van der Waals surface area contributed by atoms with Crippen LogP contribution in [0.3, 0.4) is 0 Å². The number of hydrogen-bond acceptors (Lipinski definition) is 6. The number of aryl methyl sites for hydroxylation is 1. The van der Waals surface area contributed by atoms with Crippen LogP contribution in [0.25, 0.3) is 11.2 Å². The van der Waals surface area contributed by atoms with E-state index >= 15 is 0 Å². The number of pyridine rings is 1. The van der Waals surface area contributed by atoms with E-state index in [2.05, 4.69) is 45.0 Å². The maximum atomic E-state index is 13.0. The molecule has 0 atom stereocenters. The maximum Gasteiger partial charge on any atom is 0.253 e. The van der Waals surface area contributed by atoms with Gasteiger partial charge in [-0.25, -0.2) is 9.51 Å². The molecule has 1 aliphatic rings. The number of ether oxygens (including phenoxy) is 1. The molecular formula is C29H32ClN7O2. The third kappa shape index (κ3) is 5.96. The van der Waals surface area contributed by atoms with Crippen molar-refractivity contribution in [3.05, 3.63) is 70.1 Å². The molecule has 9 nitrogen and oxygen atoms in total. The summed E-state index contributed by atoms with van der Waals surface area (Å²) < 4.78 is 7.30. The number of amides is 1. The first kappa shape index (κ1) is 27.9. The van der Waals surface area contributed by atoms with E-state index in [0.29, 0.717) is 45.3 Å². The summed E-state index contributed by atoms with van der Waals surface area (Å²) in [7, 11) is 0. The predicted octanol–water partition coefficient (Wildman–Crippen LogP) is 5.27. The van der Waals surface area contributed by atoms with Crippen molar-refractivity contribution in [2.75, 3.05) is 19.7 Å². The number of carbonyl (C=O) groups is 1. The lowest BCUT2D eigenvalue weighted by molar-refractivity contribution is 0.0867. The molecule has 3 aromatic rings. The van der Waals surface area contributed by atoms with Crippen LogP contribution in [0, 0.1) is 18.3 Å². The molecule has 10 heteroatoms. The molecule has 0 unspecified atom stereocenters. The molecule has 1 aliphatic heterocycles. The molecule has 4 rings (SSSR count). The molecule has 0 radical (unpaired) electrons. The van der Waals surface area contributed by atoms with Crippen molar-refractivity contribution in [1.29, 1.82) is 5.26 Å². The predicted molar refractivity (Wildman–Crippen MR) is 155 cm³/mol. The molecule has 2 aromatic heterocycles. The number of amidine groups is 1. The molecular weight excluding hydrogens is 514 g/mol. The van der Waals surface area contributed by atoms with Gasteiger partial charge >= 0.3 is 0 Å². The van der Waals surface area contributed by atoms with Crippen molar-refractivity contribution in [3.63, 3.8) is 0 Å². The number of nitriles is 1. The van der Waals surface area contributed by atoms with Crippen LogP contribution in [0.4, 0.5) is 0 Å². The van der Waals surface area contributed by atoms with Crippen LogP contribution in [0.15, 0.2) is 52.8 Å². The van der Waals surface area contributed by atoms with Gasteiger partial charge in [0, 0.05) is 24.2 Å². The van der Waals surface area contributed by atoms with Crippen molar-refractivity contribution in [1.82, 2.24) is 19.8 Å². The monoisotopic (exact) mass is 545 g/mol. The van der Waals surface area contributed by atoms with Crippen LogP contribution in [-0.2, 0) is 0 Å². The lowest BCUT2D eigenvalue weighted by Crippen LogP contribution is -2.54. The summed E-state index contributed by atoms with van der Waals surface area (Å²) in [4.78, 5) is 24.1. The summed E-state index contributed by atoms with van der Waals surface area (Å²) in [6, 6.07) is 9.47. The zero-order valence-corrected chi connectivity index (χ0v) is 23.4. The van der Waals surface area contributed by atoms with Gasteiger partial charge in [0.15, 0.2) is 0 Å². The molecule has 202 valence electrons. The summed E-state index contributed by atoms with van der Waals surface area (Å²) in [5.41, 5.74) is 3.22. The van der Waals surface area contributed by atoms with Crippen LogP contribution in [0.1, 0.15) is 60.7 Å². The number of benzene rings is 1. The van der Waals surface area contributed by atoms with Gasteiger partial charge < -0.3 is 15.0 Å². The number of nitrogens with one attached hydrogen (secondary N) is 1. The van der Waals surface area contributed by atoms with Crippen molar-refractivity contribution in [2.24, 2.45) is 9.98 Å². The average molecular weight is 546 g/mol. The van der Waals surface area contributed by atoms with Gasteiger partial charge in [-0.05, 0) is 65.0 Å². The Balaban J connectivity index is 1.51. The lowest BCUT2D eigenvalue weighted by Gasteiger charge is -2.40. The minimum Gasteiger partial charge on any atom is -0.492 e. The highest BCUT2D eigenvalue weighted by molar-refractivity contribution is 6.34. The van der Waals surface area contributed by atoms with Crippen LogP contribution in [-0.4, -0.2) is 58.2 Å². The summed E-state index contributed by atoms with van der Waals surface area (Å²) in [5.74, 6) is 1.27. The molecule has 1 amide bonds. The topological polar surface area (TPSA) is 107 Å². The summed E-state index contributed by atoms with van der Waals surface area (Å²) >= 11 is 6.31. The van der Waals surface area contributed by atoms with Gasteiger partial charge in [-0.1, -0.05) is 23.7 Å². The Kier molecular flexibility index (Phi) is 8.36. The number of piperidine rings is 1. The Morgan fingerprint density at radius 2 is 2.13 bits per heavy atom. The first-order valence-corrected chi connectivity index (χ1v) is 13.2. The SMILES string of the molecule is C=N/C(=C\N=C(C)N1CCC(C)(NC(=O)c2c(C)cccc2Cl)CC1)c1cc(OCC)cn2ncc(C#N)c12. The zero-order chi connectivity index (χ0) is 28.2. The second-order valence-electron chi connectivity index (χ2n) is 9.77. The molecule has 1 aromatic carbocycles. The van der Waals surface area contributed by atoms with Gasteiger partial charge in [-0.2, -0.15) is 10.4 Å². The number of aliphatic imine (C=N–C) groups is 2. The fourth-order valence-electron chi connectivity index (χ4n) is 4.76. The molecule has 0 bridgehead atoms. The highest BCUT2D eigenvalue weighted by Crippen LogP contribution is 2.29. The van der Waals surface area contributed by atoms with Gasteiger partial charge in [-0.15, -0.1) is 0 Å². The molecule has 3 heterocycles.